The van der Waals surface area contributed by atoms with Crippen molar-refractivity contribution in [3.05, 3.63) is 11.1 Å². The second-order valence-electron chi connectivity index (χ2n) is 3.93. The Morgan fingerprint density at radius 1 is 1.06 bits per heavy atom. The van der Waals surface area contributed by atoms with E-state index in [0.29, 0.717) is 6.61 Å². The molecule has 106 valence electrons. The van der Waals surface area contributed by atoms with Gasteiger partial charge in [0.05, 0.1) is 6.61 Å². The van der Waals surface area contributed by atoms with Crippen molar-refractivity contribution >= 4 is 6.09 Å². The largest absolute Gasteiger partial charge is 0.450 e. The number of amides is 1. The van der Waals surface area contributed by atoms with E-state index in [4.69, 9.17) is 4.74 Å². The third-order valence-corrected chi connectivity index (χ3v) is 2.71. The Hall–Kier alpha value is -1.03. The fourth-order valence-corrected chi connectivity index (χ4v) is 2.12. The highest BCUT2D eigenvalue weighted by Crippen LogP contribution is 2.24. The first-order valence-electron chi connectivity index (χ1n) is 7.00. The van der Waals surface area contributed by atoms with Gasteiger partial charge in [-0.25, -0.2) is 4.79 Å². The summed E-state index contributed by atoms with van der Waals surface area (Å²) in [6.45, 7) is 13.8. The number of likely N-dealkylation sites (N-methyl/N-ethyl adjacent to an activating group) is 1. The third kappa shape index (κ3) is 4.33. The molecular formula is C14H28N2O2. The van der Waals surface area contributed by atoms with Crippen LogP contribution in [0.3, 0.4) is 0 Å². The molecule has 0 aromatic rings. The van der Waals surface area contributed by atoms with Gasteiger partial charge in [0.25, 0.3) is 0 Å². The standard InChI is InChI=1S/C10H16N2O2.2C2H6/c1-3-14-10(13)12-6-8-4-11(2)5-9(8)7-12;2*1-2/h3-7H2,1-2H3;2*1-2H3. The summed E-state index contributed by atoms with van der Waals surface area (Å²) < 4.78 is 4.96. The molecule has 2 aliphatic rings. The van der Waals surface area contributed by atoms with Gasteiger partial charge in [-0.15, -0.1) is 0 Å². The molecule has 0 aromatic heterocycles. The van der Waals surface area contributed by atoms with E-state index in [1.54, 1.807) is 4.90 Å². The highest BCUT2D eigenvalue weighted by Gasteiger charge is 2.31. The summed E-state index contributed by atoms with van der Waals surface area (Å²) in [7, 11) is 2.10. The molecule has 0 aliphatic carbocycles. The maximum Gasteiger partial charge on any atom is 0.410 e. The summed E-state index contributed by atoms with van der Waals surface area (Å²) >= 11 is 0. The fraction of sp³-hybridized carbons (Fsp3) is 0.786. The lowest BCUT2D eigenvalue weighted by atomic mass is 10.2. The Labute approximate surface area is 112 Å². The predicted molar refractivity (Wildman–Crippen MR) is 75.8 cm³/mol. The van der Waals surface area contributed by atoms with Crippen LogP contribution in [0.5, 0.6) is 0 Å². The summed E-state index contributed by atoms with van der Waals surface area (Å²) in [6.07, 6.45) is -0.176. The Morgan fingerprint density at radius 2 is 1.50 bits per heavy atom. The zero-order valence-corrected chi connectivity index (χ0v) is 12.7. The normalized spacial score (nSPS) is 17.6. The van der Waals surface area contributed by atoms with Gasteiger partial charge in [0.15, 0.2) is 0 Å². The molecule has 0 bridgehead atoms. The lowest BCUT2D eigenvalue weighted by Gasteiger charge is -2.19. The Morgan fingerprint density at radius 3 is 1.89 bits per heavy atom. The topological polar surface area (TPSA) is 32.8 Å². The van der Waals surface area contributed by atoms with Crippen LogP contribution in [0.15, 0.2) is 11.1 Å². The quantitative estimate of drug-likeness (QED) is 0.676. The molecule has 0 aromatic carbocycles. The molecule has 4 nitrogen and oxygen atoms in total. The van der Waals surface area contributed by atoms with Crippen LogP contribution in [-0.4, -0.2) is 55.7 Å². The zero-order chi connectivity index (χ0) is 14.1. The van der Waals surface area contributed by atoms with E-state index in [2.05, 4.69) is 11.9 Å². The van der Waals surface area contributed by atoms with Crippen LogP contribution in [0.4, 0.5) is 4.79 Å². The molecule has 0 fully saturated rings. The molecule has 2 rings (SSSR count). The van der Waals surface area contributed by atoms with E-state index in [9.17, 15) is 4.79 Å². The maximum absolute atomic E-state index is 11.4. The summed E-state index contributed by atoms with van der Waals surface area (Å²) in [4.78, 5) is 15.5. The van der Waals surface area contributed by atoms with Crippen LogP contribution >= 0.6 is 0 Å². The Bertz CT molecular complexity index is 270. The fourth-order valence-electron chi connectivity index (χ4n) is 2.12. The second-order valence-corrected chi connectivity index (χ2v) is 3.93. The summed E-state index contributed by atoms with van der Waals surface area (Å²) in [5.41, 5.74) is 2.81. The van der Waals surface area contributed by atoms with Crippen LogP contribution in [0.2, 0.25) is 0 Å². The van der Waals surface area contributed by atoms with Gasteiger partial charge in [-0.1, -0.05) is 27.7 Å². The van der Waals surface area contributed by atoms with Gasteiger partial charge in [-0.05, 0) is 25.1 Å². The average molecular weight is 256 g/mol. The molecule has 0 N–H and O–H groups in total. The third-order valence-electron chi connectivity index (χ3n) is 2.71. The van der Waals surface area contributed by atoms with Gasteiger partial charge in [0.1, 0.15) is 0 Å². The number of ether oxygens (including phenoxy) is 1. The van der Waals surface area contributed by atoms with Crippen molar-refractivity contribution < 1.29 is 9.53 Å². The van der Waals surface area contributed by atoms with E-state index in [0.717, 1.165) is 26.2 Å². The minimum atomic E-state index is -0.176. The lowest BCUT2D eigenvalue weighted by Crippen LogP contribution is -2.33. The molecule has 2 aliphatic heterocycles. The second kappa shape index (κ2) is 8.97. The molecule has 0 atom stereocenters. The molecular weight excluding hydrogens is 228 g/mol. The molecule has 0 radical (unpaired) electrons. The van der Waals surface area contributed by atoms with Gasteiger partial charge in [0, 0.05) is 26.2 Å². The highest BCUT2D eigenvalue weighted by molar-refractivity contribution is 5.69. The van der Waals surface area contributed by atoms with Crippen LogP contribution < -0.4 is 0 Å². The first kappa shape index (κ1) is 17.0. The Kier molecular flexibility index (Phi) is 8.46. The SMILES string of the molecule is CC.CC.CCOC(=O)N1CC2=C(CN(C)C2)C1. The number of carbonyl (C=O) groups excluding carboxylic acids is 1. The van der Waals surface area contributed by atoms with Gasteiger partial charge in [-0.3, -0.25) is 4.90 Å². The van der Waals surface area contributed by atoms with Crippen molar-refractivity contribution in [3.63, 3.8) is 0 Å². The van der Waals surface area contributed by atoms with E-state index in [1.165, 1.54) is 11.1 Å². The number of hydrogen-bond acceptors (Lipinski definition) is 3. The zero-order valence-electron chi connectivity index (χ0n) is 12.7. The van der Waals surface area contributed by atoms with E-state index >= 15 is 0 Å². The van der Waals surface area contributed by atoms with Crippen molar-refractivity contribution in [2.24, 2.45) is 0 Å². The van der Waals surface area contributed by atoms with Crippen molar-refractivity contribution in [2.75, 3.05) is 39.8 Å². The van der Waals surface area contributed by atoms with Crippen molar-refractivity contribution in [3.8, 4) is 0 Å². The van der Waals surface area contributed by atoms with Crippen LogP contribution in [-0.2, 0) is 4.74 Å². The minimum Gasteiger partial charge on any atom is -0.450 e. The Balaban J connectivity index is 0.000000659. The van der Waals surface area contributed by atoms with E-state index < -0.39 is 0 Å². The number of hydrogen-bond donors (Lipinski definition) is 0. The monoisotopic (exact) mass is 256 g/mol. The van der Waals surface area contributed by atoms with Crippen LogP contribution in [0.1, 0.15) is 34.6 Å². The number of nitrogens with zero attached hydrogens (tertiary/aromatic N) is 2. The van der Waals surface area contributed by atoms with Gasteiger partial charge in [-0.2, -0.15) is 0 Å². The molecule has 0 saturated carbocycles. The molecule has 0 spiro atoms. The van der Waals surface area contributed by atoms with Crippen molar-refractivity contribution in [2.45, 2.75) is 34.6 Å². The van der Waals surface area contributed by atoms with Gasteiger partial charge < -0.3 is 9.64 Å². The van der Waals surface area contributed by atoms with E-state index in [-0.39, 0.29) is 6.09 Å². The van der Waals surface area contributed by atoms with Gasteiger partial charge in [0.2, 0.25) is 0 Å². The number of rotatable bonds is 1. The predicted octanol–water partition coefficient (Wildman–Crippen LogP) is 2.75. The van der Waals surface area contributed by atoms with E-state index in [1.807, 2.05) is 34.6 Å². The molecule has 0 saturated heterocycles. The molecule has 1 amide bonds. The smallest absolute Gasteiger partial charge is 0.410 e. The summed E-state index contributed by atoms with van der Waals surface area (Å²) in [5, 5.41) is 0. The average Bonchev–Trinajstić information content (AvgIpc) is 2.91. The first-order chi connectivity index (χ1) is 8.70. The molecule has 0 unspecified atom stereocenters. The minimum absolute atomic E-state index is 0.176. The molecule has 4 heteroatoms. The van der Waals surface area contributed by atoms with Gasteiger partial charge >= 0.3 is 6.09 Å². The summed E-state index contributed by atoms with van der Waals surface area (Å²) in [6, 6.07) is 0. The summed E-state index contributed by atoms with van der Waals surface area (Å²) in [5.74, 6) is 0. The maximum atomic E-state index is 11.4. The van der Waals surface area contributed by atoms with Crippen molar-refractivity contribution in [1.29, 1.82) is 0 Å². The highest BCUT2D eigenvalue weighted by atomic mass is 16.6. The molecule has 2 heterocycles. The number of carbonyl (C=O) groups is 1. The molecule has 18 heavy (non-hydrogen) atoms. The lowest BCUT2D eigenvalue weighted by molar-refractivity contribution is 0.115. The van der Waals surface area contributed by atoms with Crippen molar-refractivity contribution in [1.82, 2.24) is 9.80 Å². The van der Waals surface area contributed by atoms with Crippen LogP contribution in [0.25, 0.3) is 0 Å². The first-order valence-corrected chi connectivity index (χ1v) is 7.00. The van der Waals surface area contributed by atoms with Crippen LogP contribution in [0, 0.1) is 0 Å².